The molecule has 0 saturated heterocycles. The number of hydrogen-bond acceptors (Lipinski definition) is 6. The lowest BCUT2D eigenvalue weighted by Crippen LogP contribution is -2.13. The number of nitrogens with zero attached hydrogens (tertiary/aromatic N) is 1. The monoisotopic (exact) mass is 374 g/mol. The van der Waals surface area contributed by atoms with Gasteiger partial charge in [0, 0.05) is 12.6 Å². The van der Waals surface area contributed by atoms with Gasteiger partial charge < -0.3 is 20.2 Å². The number of benzene rings is 2. The van der Waals surface area contributed by atoms with Crippen LogP contribution in [0.15, 0.2) is 47.4 Å². The second-order valence-electron chi connectivity index (χ2n) is 5.97. The first-order valence-electron chi connectivity index (χ1n) is 8.52. The van der Waals surface area contributed by atoms with E-state index in [9.17, 15) is 8.42 Å². The summed E-state index contributed by atoms with van der Waals surface area (Å²) in [7, 11) is -3.98. The van der Waals surface area contributed by atoms with E-state index >= 15 is 0 Å². The van der Waals surface area contributed by atoms with E-state index < -0.39 is 10.1 Å². The Hall–Kier alpha value is -2.74. The minimum atomic E-state index is -3.98. The number of aromatic amines is 1. The van der Waals surface area contributed by atoms with E-state index in [0.717, 1.165) is 19.3 Å². The number of nitrogens with two attached hydrogens (primary N) is 1. The number of rotatable bonds is 8. The average molecular weight is 374 g/mol. The molecule has 3 rings (SSSR count). The Morgan fingerprint density at radius 1 is 1.19 bits per heavy atom. The summed E-state index contributed by atoms with van der Waals surface area (Å²) in [5.74, 6) is 0.462. The average Bonchev–Trinajstić information content (AvgIpc) is 2.98. The van der Waals surface area contributed by atoms with E-state index in [-0.39, 0.29) is 16.6 Å². The first-order valence-corrected chi connectivity index (χ1v) is 9.93. The van der Waals surface area contributed by atoms with Crippen LogP contribution in [-0.2, 0) is 10.1 Å². The molecule has 26 heavy (non-hydrogen) atoms. The largest absolute Gasteiger partial charge is 0.384 e. The summed E-state index contributed by atoms with van der Waals surface area (Å²) in [6.07, 6.45) is 3.17. The highest BCUT2D eigenvalue weighted by Gasteiger charge is 2.21. The van der Waals surface area contributed by atoms with Crippen molar-refractivity contribution in [2.75, 3.05) is 17.6 Å². The third-order valence-electron chi connectivity index (χ3n) is 3.93. The van der Waals surface area contributed by atoms with Crippen molar-refractivity contribution >= 4 is 32.8 Å². The number of H-pyrrole nitrogens is 1. The van der Waals surface area contributed by atoms with Crippen LogP contribution in [0.5, 0.6) is 5.75 Å². The number of anilines is 2. The van der Waals surface area contributed by atoms with Gasteiger partial charge in [0.05, 0.1) is 16.7 Å². The van der Waals surface area contributed by atoms with Crippen LogP contribution in [0.1, 0.15) is 26.2 Å². The fraction of sp³-hybridized carbons (Fsp3) is 0.278. The third kappa shape index (κ3) is 4.08. The number of unbranched alkanes of at least 4 members (excludes halogenated alkanes) is 2. The molecule has 0 fully saturated rings. The Balaban J connectivity index is 1.82. The molecule has 0 spiro atoms. The van der Waals surface area contributed by atoms with Gasteiger partial charge in [-0.15, -0.1) is 0 Å². The minimum Gasteiger partial charge on any atom is -0.384 e. The van der Waals surface area contributed by atoms with E-state index in [1.54, 1.807) is 36.4 Å². The van der Waals surface area contributed by atoms with Crippen molar-refractivity contribution in [1.29, 1.82) is 0 Å². The molecular formula is C18H22N4O3S. The fourth-order valence-corrected chi connectivity index (χ4v) is 3.76. The Bertz CT molecular complexity index is 999. The van der Waals surface area contributed by atoms with Gasteiger partial charge in [-0.3, -0.25) is 0 Å². The maximum absolute atomic E-state index is 12.7. The molecule has 1 heterocycles. The van der Waals surface area contributed by atoms with Crippen LogP contribution in [0, 0.1) is 0 Å². The van der Waals surface area contributed by atoms with Crippen molar-refractivity contribution in [1.82, 2.24) is 9.97 Å². The maximum atomic E-state index is 12.7. The number of nitrogens with one attached hydrogen (secondary N) is 2. The smallest absolute Gasteiger partial charge is 0.341 e. The lowest BCUT2D eigenvalue weighted by molar-refractivity contribution is 0.486. The highest BCUT2D eigenvalue weighted by Crippen LogP contribution is 2.27. The maximum Gasteiger partial charge on any atom is 0.341 e. The number of aromatic nitrogens is 2. The standard InChI is InChI=1S/C18H22N4O3S/c1-2-3-6-11-20-15-7-4-5-8-17(15)26(23,24)25-13-9-10-14-16(12-13)22-18(19)21-14/h4-5,7-10,12,20H,2-3,6,11H2,1H3,(H3,19,21,22). The van der Waals surface area contributed by atoms with Crippen molar-refractivity contribution in [3.8, 4) is 5.75 Å². The number of nitrogen functional groups attached to an aromatic ring is 1. The zero-order chi connectivity index (χ0) is 18.6. The summed E-state index contributed by atoms with van der Waals surface area (Å²) < 4.78 is 30.8. The van der Waals surface area contributed by atoms with Crippen molar-refractivity contribution in [3.63, 3.8) is 0 Å². The zero-order valence-corrected chi connectivity index (χ0v) is 15.3. The number of fused-ring (bicyclic) bond motifs is 1. The molecule has 138 valence electrons. The van der Waals surface area contributed by atoms with Crippen LogP contribution in [-0.4, -0.2) is 24.9 Å². The summed E-state index contributed by atoms with van der Waals surface area (Å²) in [5.41, 5.74) is 7.41. The topological polar surface area (TPSA) is 110 Å². The van der Waals surface area contributed by atoms with Gasteiger partial charge in [0.25, 0.3) is 0 Å². The van der Waals surface area contributed by atoms with E-state index in [4.69, 9.17) is 9.92 Å². The molecule has 3 aromatic rings. The Labute approximate surface area is 152 Å². The molecule has 0 saturated carbocycles. The normalized spacial score (nSPS) is 11.6. The fourth-order valence-electron chi connectivity index (χ4n) is 2.66. The van der Waals surface area contributed by atoms with Crippen molar-refractivity contribution < 1.29 is 12.6 Å². The highest BCUT2D eigenvalue weighted by molar-refractivity contribution is 7.87. The van der Waals surface area contributed by atoms with Crippen LogP contribution in [0.3, 0.4) is 0 Å². The van der Waals surface area contributed by atoms with Gasteiger partial charge in [0.15, 0.2) is 5.95 Å². The minimum absolute atomic E-state index is 0.112. The van der Waals surface area contributed by atoms with Gasteiger partial charge in [0.1, 0.15) is 10.6 Å². The lowest BCUT2D eigenvalue weighted by Gasteiger charge is -2.13. The summed E-state index contributed by atoms with van der Waals surface area (Å²) in [6, 6.07) is 11.5. The van der Waals surface area contributed by atoms with E-state index in [1.807, 2.05) is 0 Å². The van der Waals surface area contributed by atoms with Crippen molar-refractivity contribution in [2.24, 2.45) is 0 Å². The molecule has 0 bridgehead atoms. The van der Waals surface area contributed by atoms with Gasteiger partial charge in [-0.05, 0) is 30.7 Å². The lowest BCUT2D eigenvalue weighted by atomic mass is 10.2. The molecule has 0 radical (unpaired) electrons. The quantitative estimate of drug-likeness (QED) is 0.411. The van der Waals surface area contributed by atoms with E-state index in [0.29, 0.717) is 23.3 Å². The molecular weight excluding hydrogens is 352 g/mol. The second kappa shape index (κ2) is 7.65. The van der Waals surface area contributed by atoms with Crippen molar-refractivity contribution in [3.05, 3.63) is 42.5 Å². The molecule has 0 aliphatic heterocycles. The first-order chi connectivity index (χ1) is 12.5. The summed E-state index contributed by atoms with van der Waals surface area (Å²) >= 11 is 0. The molecule has 1 aromatic heterocycles. The van der Waals surface area contributed by atoms with Gasteiger partial charge in [0.2, 0.25) is 0 Å². The Morgan fingerprint density at radius 2 is 2.00 bits per heavy atom. The molecule has 0 unspecified atom stereocenters. The molecule has 0 aliphatic carbocycles. The van der Waals surface area contributed by atoms with Gasteiger partial charge in [-0.1, -0.05) is 31.9 Å². The molecule has 0 atom stereocenters. The van der Waals surface area contributed by atoms with Gasteiger partial charge in [-0.25, -0.2) is 4.98 Å². The number of hydrogen-bond donors (Lipinski definition) is 3. The summed E-state index contributed by atoms with van der Waals surface area (Å²) in [4.78, 5) is 7.05. The Kier molecular flexibility index (Phi) is 5.32. The number of para-hydroxylation sites is 1. The summed E-state index contributed by atoms with van der Waals surface area (Å²) in [6.45, 7) is 2.83. The molecule has 7 nitrogen and oxygen atoms in total. The Morgan fingerprint density at radius 3 is 2.81 bits per heavy atom. The highest BCUT2D eigenvalue weighted by atomic mass is 32.2. The van der Waals surface area contributed by atoms with Crippen LogP contribution in [0.25, 0.3) is 11.0 Å². The molecule has 8 heteroatoms. The van der Waals surface area contributed by atoms with Crippen LogP contribution < -0.4 is 15.2 Å². The third-order valence-corrected chi connectivity index (χ3v) is 5.24. The SMILES string of the molecule is CCCCCNc1ccccc1S(=O)(=O)Oc1ccc2nc(N)[nH]c2c1. The van der Waals surface area contributed by atoms with Crippen LogP contribution in [0.4, 0.5) is 11.6 Å². The van der Waals surface area contributed by atoms with E-state index in [2.05, 4.69) is 22.2 Å². The predicted molar refractivity (Wildman–Crippen MR) is 103 cm³/mol. The van der Waals surface area contributed by atoms with E-state index in [1.165, 1.54) is 6.07 Å². The molecule has 2 aromatic carbocycles. The summed E-state index contributed by atoms with van der Waals surface area (Å²) in [5, 5.41) is 3.18. The number of imidazole rings is 1. The van der Waals surface area contributed by atoms with Crippen molar-refractivity contribution in [2.45, 2.75) is 31.1 Å². The van der Waals surface area contributed by atoms with Crippen LogP contribution >= 0.6 is 0 Å². The van der Waals surface area contributed by atoms with Crippen LogP contribution in [0.2, 0.25) is 0 Å². The molecule has 4 N–H and O–H groups in total. The predicted octanol–water partition coefficient (Wildman–Crippen LogP) is 3.51. The molecule has 0 aliphatic rings. The first kappa shape index (κ1) is 18.1. The van der Waals surface area contributed by atoms with Gasteiger partial charge >= 0.3 is 10.1 Å². The zero-order valence-electron chi connectivity index (χ0n) is 14.5. The van der Waals surface area contributed by atoms with Gasteiger partial charge in [-0.2, -0.15) is 8.42 Å². The molecule has 0 amide bonds. The second-order valence-corrected chi connectivity index (χ2v) is 7.48.